The van der Waals surface area contributed by atoms with Crippen LogP contribution < -0.4 is 10.9 Å². The molecule has 6 nitrogen and oxygen atoms in total. The minimum atomic E-state index is -0.280. The van der Waals surface area contributed by atoms with E-state index in [1.54, 1.807) is 16.7 Å². The number of rotatable bonds is 7. The maximum Gasteiger partial charge on any atom is 0.266 e. The number of amides is 1. The summed E-state index contributed by atoms with van der Waals surface area (Å²) >= 11 is 1.17. The van der Waals surface area contributed by atoms with Gasteiger partial charge in [-0.2, -0.15) is 5.26 Å². The number of nitrogens with one attached hydrogen (secondary N) is 1. The van der Waals surface area contributed by atoms with Gasteiger partial charge < -0.3 is 5.32 Å². The zero-order valence-electron chi connectivity index (χ0n) is 16.4. The van der Waals surface area contributed by atoms with Crippen LogP contribution in [0.2, 0.25) is 0 Å². The first-order valence-corrected chi connectivity index (χ1v) is 10.4. The molecule has 0 aliphatic heterocycles. The first-order chi connectivity index (χ1) is 14.0. The molecule has 3 aromatic rings. The van der Waals surface area contributed by atoms with Crippen LogP contribution in [0.15, 0.2) is 58.5 Å². The molecule has 3 rings (SSSR count). The summed E-state index contributed by atoms with van der Waals surface area (Å²) in [6.45, 7) is 4.26. The van der Waals surface area contributed by atoms with Gasteiger partial charge >= 0.3 is 0 Å². The fraction of sp³-hybridized carbons (Fsp3) is 0.273. The Bertz CT molecular complexity index is 1120. The van der Waals surface area contributed by atoms with Crippen LogP contribution in [0.4, 0.5) is 0 Å². The van der Waals surface area contributed by atoms with Gasteiger partial charge in [-0.1, -0.05) is 49.9 Å². The molecule has 0 bridgehead atoms. The number of carbonyl (C=O) groups excluding carboxylic acids is 1. The molecule has 2 aromatic carbocycles. The van der Waals surface area contributed by atoms with Gasteiger partial charge in [0.05, 0.1) is 28.4 Å². The molecule has 0 fully saturated rings. The number of hydrogen-bond acceptors (Lipinski definition) is 5. The van der Waals surface area contributed by atoms with Crippen LogP contribution in [0.1, 0.15) is 31.7 Å². The molecule has 1 N–H and O–H groups in total. The molecule has 0 aliphatic carbocycles. The Hall–Kier alpha value is -3.11. The van der Waals surface area contributed by atoms with Gasteiger partial charge in [-0.05, 0) is 42.2 Å². The predicted molar refractivity (Wildman–Crippen MR) is 115 cm³/mol. The van der Waals surface area contributed by atoms with Gasteiger partial charge in [-0.3, -0.25) is 14.2 Å². The van der Waals surface area contributed by atoms with Crippen LogP contribution in [0.3, 0.4) is 0 Å². The van der Waals surface area contributed by atoms with Crippen molar-refractivity contribution in [1.29, 1.82) is 5.26 Å². The molecule has 148 valence electrons. The van der Waals surface area contributed by atoms with Crippen LogP contribution >= 0.6 is 11.8 Å². The SMILES string of the molecule is CCC(C)c1ccc(-n2c(SCC(=O)NCC#N)nc3ccccc3c2=O)cc1. The molecule has 1 atom stereocenters. The summed E-state index contributed by atoms with van der Waals surface area (Å²) in [4.78, 5) is 29.8. The molecule has 0 saturated heterocycles. The summed E-state index contributed by atoms with van der Waals surface area (Å²) in [6, 6.07) is 16.9. The predicted octanol–water partition coefficient (Wildman–Crippen LogP) is 3.63. The molecule has 1 amide bonds. The second kappa shape index (κ2) is 9.39. The summed E-state index contributed by atoms with van der Waals surface area (Å²) in [5.41, 5.74) is 2.33. The molecule has 0 radical (unpaired) electrons. The highest BCUT2D eigenvalue weighted by molar-refractivity contribution is 7.99. The molecule has 1 aromatic heterocycles. The van der Waals surface area contributed by atoms with E-state index in [0.717, 1.165) is 6.42 Å². The minimum Gasteiger partial charge on any atom is -0.342 e. The molecule has 1 heterocycles. The second-order valence-corrected chi connectivity index (χ2v) is 7.62. The Kier molecular flexibility index (Phi) is 6.68. The smallest absolute Gasteiger partial charge is 0.266 e. The van der Waals surface area contributed by atoms with Gasteiger partial charge in [0, 0.05) is 0 Å². The van der Waals surface area contributed by atoms with E-state index in [-0.39, 0.29) is 23.8 Å². The van der Waals surface area contributed by atoms with E-state index in [4.69, 9.17) is 5.26 Å². The number of carbonyl (C=O) groups is 1. The van der Waals surface area contributed by atoms with Crippen molar-refractivity contribution in [1.82, 2.24) is 14.9 Å². The van der Waals surface area contributed by atoms with Gasteiger partial charge in [0.15, 0.2) is 5.16 Å². The summed E-state index contributed by atoms with van der Waals surface area (Å²) in [5.74, 6) is 0.225. The monoisotopic (exact) mass is 406 g/mol. The highest BCUT2D eigenvalue weighted by Crippen LogP contribution is 2.24. The number of para-hydroxylation sites is 1. The van der Waals surface area contributed by atoms with Crippen molar-refractivity contribution in [2.24, 2.45) is 0 Å². The highest BCUT2D eigenvalue weighted by atomic mass is 32.2. The lowest BCUT2D eigenvalue weighted by Gasteiger charge is -2.15. The van der Waals surface area contributed by atoms with Crippen molar-refractivity contribution >= 4 is 28.6 Å². The number of fused-ring (bicyclic) bond motifs is 1. The summed E-state index contributed by atoms with van der Waals surface area (Å²) in [6.07, 6.45) is 1.04. The normalized spacial score (nSPS) is 11.8. The maximum absolute atomic E-state index is 13.2. The number of aromatic nitrogens is 2. The van der Waals surface area contributed by atoms with Gasteiger partial charge in [-0.15, -0.1) is 0 Å². The summed E-state index contributed by atoms with van der Waals surface area (Å²) < 4.78 is 1.55. The molecule has 7 heteroatoms. The number of thioether (sulfide) groups is 1. The quantitative estimate of drug-likeness (QED) is 0.368. The third kappa shape index (κ3) is 4.66. The molecular weight excluding hydrogens is 384 g/mol. The highest BCUT2D eigenvalue weighted by Gasteiger charge is 2.15. The Morgan fingerprint density at radius 2 is 1.97 bits per heavy atom. The van der Waals surface area contributed by atoms with Crippen LogP contribution in [0, 0.1) is 11.3 Å². The zero-order valence-corrected chi connectivity index (χ0v) is 17.2. The van der Waals surface area contributed by atoms with Gasteiger partial charge in [-0.25, -0.2) is 4.98 Å². The van der Waals surface area contributed by atoms with Crippen LogP contribution in [-0.4, -0.2) is 27.8 Å². The minimum absolute atomic E-state index is 0.0472. The van der Waals surface area contributed by atoms with E-state index in [9.17, 15) is 9.59 Å². The van der Waals surface area contributed by atoms with Crippen molar-refractivity contribution in [3.8, 4) is 11.8 Å². The molecule has 0 spiro atoms. The number of nitriles is 1. The van der Waals surface area contributed by atoms with Gasteiger partial charge in [0.25, 0.3) is 5.56 Å². The average molecular weight is 407 g/mol. The van der Waals surface area contributed by atoms with E-state index in [2.05, 4.69) is 24.1 Å². The molecule has 1 unspecified atom stereocenters. The third-order valence-electron chi connectivity index (χ3n) is 4.77. The Balaban J connectivity index is 2.04. The third-order valence-corrected chi connectivity index (χ3v) is 5.71. The van der Waals surface area contributed by atoms with E-state index >= 15 is 0 Å². The second-order valence-electron chi connectivity index (χ2n) is 6.68. The molecule has 0 aliphatic rings. The summed E-state index contributed by atoms with van der Waals surface area (Å²) in [7, 11) is 0. The standard InChI is InChI=1S/C22H22N4O2S/c1-3-15(2)16-8-10-17(11-9-16)26-21(28)18-6-4-5-7-19(18)25-22(26)29-14-20(27)24-13-12-23/h4-11,15H,3,13-14H2,1-2H3,(H,24,27). The lowest BCUT2D eigenvalue weighted by atomic mass is 9.98. The Morgan fingerprint density at radius 1 is 1.24 bits per heavy atom. The Labute approximate surface area is 173 Å². The fourth-order valence-electron chi connectivity index (χ4n) is 2.94. The lowest BCUT2D eigenvalue weighted by molar-refractivity contribution is -0.118. The number of nitrogens with zero attached hydrogens (tertiary/aromatic N) is 3. The zero-order chi connectivity index (χ0) is 20.8. The Morgan fingerprint density at radius 3 is 2.66 bits per heavy atom. The van der Waals surface area contributed by atoms with Gasteiger partial charge in [0.2, 0.25) is 5.91 Å². The van der Waals surface area contributed by atoms with E-state index < -0.39 is 0 Å². The van der Waals surface area contributed by atoms with Crippen LogP contribution in [0.5, 0.6) is 0 Å². The van der Waals surface area contributed by atoms with Crippen molar-refractivity contribution in [2.75, 3.05) is 12.3 Å². The van der Waals surface area contributed by atoms with Crippen LogP contribution in [0.25, 0.3) is 16.6 Å². The first kappa shape index (κ1) is 20.6. The van der Waals surface area contributed by atoms with E-state index in [0.29, 0.717) is 27.7 Å². The summed E-state index contributed by atoms with van der Waals surface area (Å²) in [5, 5.41) is 12.1. The largest absolute Gasteiger partial charge is 0.342 e. The first-order valence-electron chi connectivity index (χ1n) is 9.43. The van der Waals surface area contributed by atoms with E-state index in [1.807, 2.05) is 42.5 Å². The molecular formula is C22H22N4O2S. The fourth-order valence-corrected chi connectivity index (χ4v) is 3.79. The topological polar surface area (TPSA) is 87.8 Å². The van der Waals surface area contributed by atoms with Crippen LogP contribution in [-0.2, 0) is 4.79 Å². The number of benzene rings is 2. The van der Waals surface area contributed by atoms with Gasteiger partial charge in [0.1, 0.15) is 6.54 Å². The van der Waals surface area contributed by atoms with Crippen molar-refractivity contribution < 1.29 is 4.79 Å². The lowest BCUT2D eigenvalue weighted by Crippen LogP contribution is -2.26. The molecule has 0 saturated carbocycles. The number of hydrogen-bond donors (Lipinski definition) is 1. The average Bonchev–Trinajstić information content (AvgIpc) is 2.76. The van der Waals surface area contributed by atoms with Crippen molar-refractivity contribution in [3.05, 3.63) is 64.4 Å². The van der Waals surface area contributed by atoms with E-state index in [1.165, 1.54) is 17.3 Å². The maximum atomic E-state index is 13.2. The molecule has 29 heavy (non-hydrogen) atoms. The van der Waals surface area contributed by atoms with Crippen molar-refractivity contribution in [2.45, 2.75) is 31.3 Å². The van der Waals surface area contributed by atoms with Crippen molar-refractivity contribution in [3.63, 3.8) is 0 Å².